The zero-order valence-corrected chi connectivity index (χ0v) is 18.0. The predicted molar refractivity (Wildman–Crippen MR) is 113 cm³/mol. The van der Waals surface area contributed by atoms with Crippen LogP contribution in [-0.4, -0.2) is 48.7 Å². The molecule has 2 N–H and O–H groups in total. The Bertz CT molecular complexity index is 798. The van der Waals surface area contributed by atoms with Crippen molar-refractivity contribution in [3.05, 3.63) is 41.6 Å². The van der Waals surface area contributed by atoms with Gasteiger partial charge in [0.25, 0.3) is 5.91 Å². The molecule has 162 valence electrons. The van der Waals surface area contributed by atoms with Crippen molar-refractivity contribution in [3.63, 3.8) is 0 Å². The van der Waals surface area contributed by atoms with Gasteiger partial charge in [0, 0.05) is 31.9 Å². The summed E-state index contributed by atoms with van der Waals surface area (Å²) in [5.41, 5.74) is 0.400. The summed E-state index contributed by atoms with van der Waals surface area (Å²) in [4.78, 5) is 26.1. The normalized spacial score (nSPS) is 15.2. The van der Waals surface area contributed by atoms with Crippen molar-refractivity contribution < 1.29 is 19.1 Å². The zero-order chi connectivity index (χ0) is 22.1. The number of nitrogens with one attached hydrogen (secondary N) is 2. The number of carbonyl (C=O) groups excluding carboxylic acids is 2. The zero-order valence-electron chi connectivity index (χ0n) is 18.0. The highest BCUT2D eigenvalue weighted by molar-refractivity contribution is 5.97. The van der Waals surface area contributed by atoms with E-state index in [0.29, 0.717) is 32.5 Å². The first-order valence-corrected chi connectivity index (χ1v) is 9.97. The van der Waals surface area contributed by atoms with Crippen LogP contribution in [0.2, 0.25) is 0 Å². The summed E-state index contributed by atoms with van der Waals surface area (Å²) in [6, 6.07) is 9.35. The van der Waals surface area contributed by atoms with Crippen LogP contribution in [0, 0.1) is 11.3 Å². The van der Waals surface area contributed by atoms with Gasteiger partial charge in [-0.3, -0.25) is 4.79 Å². The average Bonchev–Trinajstić information content (AvgIpc) is 2.72. The minimum absolute atomic E-state index is 0.0121. The van der Waals surface area contributed by atoms with Crippen LogP contribution in [-0.2, 0) is 16.1 Å². The van der Waals surface area contributed by atoms with Gasteiger partial charge in [0.05, 0.1) is 7.11 Å². The van der Waals surface area contributed by atoms with Gasteiger partial charge in [-0.15, -0.1) is 0 Å². The second-order valence-electron chi connectivity index (χ2n) is 8.11. The number of nitrogens with zero attached hydrogens (tertiary/aromatic N) is 2. The number of rotatable bonds is 6. The van der Waals surface area contributed by atoms with E-state index in [1.807, 2.05) is 51.1 Å². The lowest BCUT2D eigenvalue weighted by Gasteiger charge is -2.33. The third-order valence-electron chi connectivity index (χ3n) is 4.59. The van der Waals surface area contributed by atoms with Crippen LogP contribution >= 0.6 is 0 Å². The Kier molecular flexibility index (Phi) is 8.10. The number of hydrogen-bond acceptors (Lipinski definition) is 6. The fraction of sp³-hybridized carbons (Fsp3) is 0.500. The smallest absolute Gasteiger partial charge is 0.410 e. The van der Waals surface area contributed by atoms with Crippen LogP contribution in [0.15, 0.2) is 36.0 Å². The largest absolute Gasteiger partial charge is 0.497 e. The van der Waals surface area contributed by atoms with Gasteiger partial charge < -0.3 is 25.0 Å². The van der Waals surface area contributed by atoms with E-state index in [0.717, 1.165) is 11.3 Å². The minimum Gasteiger partial charge on any atom is -0.497 e. The molecule has 0 aromatic heterocycles. The summed E-state index contributed by atoms with van der Waals surface area (Å²) in [5.74, 6) is 0.302. The van der Waals surface area contributed by atoms with Crippen LogP contribution < -0.4 is 15.4 Å². The number of nitriles is 1. The van der Waals surface area contributed by atoms with E-state index in [2.05, 4.69) is 10.6 Å². The Labute approximate surface area is 177 Å². The van der Waals surface area contributed by atoms with Crippen LogP contribution in [0.3, 0.4) is 0 Å². The van der Waals surface area contributed by atoms with Gasteiger partial charge in [-0.2, -0.15) is 5.26 Å². The monoisotopic (exact) mass is 414 g/mol. The molecule has 1 saturated heterocycles. The number of methoxy groups -OCH3 is 1. The molecule has 2 amide bonds. The molecule has 0 radical (unpaired) electrons. The summed E-state index contributed by atoms with van der Waals surface area (Å²) in [5, 5.41) is 15.2. The quantitative estimate of drug-likeness (QED) is 0.548. The SMILES string of the molecule is COc1ccc(CNC(=O)/C(C#N)=C\NC2CCN(C(=O)OC(C)(C)C)CC2)cc1. The number of ether oxygens (including phenoxy) is 2. The topological polar surface area (TPSA) is 104 Å². The van der Waals surface area contributed by atoms with Gasteiger partial charge in [0.2, 0.25) is 0 Å². The van der Waals surface area contributed by atoms with Crippen molar-refractivity contribution in [2.75, 3.05) is 20.2 Å². The number of carbonyl (C=O) groups is 2. The van der Waals surface area contributed by atoms with E-state index in [9.17, 15) is 14.9 Å². The Morgan fingerprint density at radius 3 is 2.40 bits per heavy atom. The third kappa shape index (κ3) is 7.32. The Hall–Kier alpha value is -3.21. The van der Waals surface area contributed by atoms with Crippen LogP contribution in [0.4, 0.5) is 4.79 Å². The summed E-state index contributed by atoms with van der Waals surface area (Å²) in [7, 11) is 1.59. The molecule has 1 fully saturated rings. The summed E-state index contributed by atoms with van der Waals surface area (Å²) < 4.78 is 10.5. The first-order chi connectivity index (χ1) is 14.2. The van der Waals surface area contributed by atoms with Gasteiger partial charge in [-0.25, -0.2) is 4.79 Å². The molecule has 0 atom stereocenters. The molecular weight excluding hydrogens is 384 g/mol. The molecule has 1 aliphatic rings. The van der Waals surface area contributed by atoms with Gasteiger partial charge in [0.15, 0.2) is 0 Å². The highest BCUT2D eigenvalue weighted by Crippen LogP contribution is 2.16. The molecule has 0 aliphatic carbocycles. The maximum Gasteiger partial charge on any atom is 0.410 e. The molecule has 0 spiro atoms. The fourth-order valence-corrected chi connectivity index (χ4v) is 2.93. The molecule has 0 bridgehead atoms. The first kappa shape index (κ1) is 23.1. The highest BCUT2D eigenvalue weighted by atomic mass is 16.6. The van der Waals surface area contributed by atoms with Crippen LogP contribution in [0.5, 0.6) is 5.75 Å². The minimum atomic E-state index is -0.518. The van der Waals surface area contributed by atoms with E-state index in [1.54, 1.807) is 12.0 Å². The van der Waals surface area contributed by atoms with Crippen LogP contribution in [0.1, 0.15) is 39.2 Å². The summed E-state index contributed by atoms with van der Waals surface area (Å²) in [6.07, 6.45) is 2.56. The highest BCUT2D eigenvalue weighted by Gasteiger charge is 2.26. The number of hydrogen-bond donors (Lipinski definition) is 2. The second-order valence-corrected chi connectivity index (χ2v) is 8.11. The number of likely N-dealkylation sites (tertiary alicyclic amines) is 1. The first-order valence-electron chi connectivity index (χ1n) is 9.97. The van der Waals surface area contributed by atoms with Crippen molar-refractivity contribution in [3.8, 4) is 11.8 Å². The van der Waals surface area contributed by atoms with Gasteiger partial charge in [-0.1, -0.05) is 12.1 Å². The predicted octanol–water partition coefficient (Wildman–Crippen LogP) is 2.71. The second kappa shape index (κ2) is 10.5. The number of benzene rings is 1. The number of piperidine rings is 1. The third-order valence-corrected chi connectivity index (χ3v) is 4.59. The number of amides is 2. The van der Waals surface area contributed by atoms with Crippen molar-refractivity contribution in [2.45, 2.75) is 51.8 Å². The molecule has 8 heteroatoms. The van der Waals surface area contributed by atoms with Crippen molar-refractivity contribution in [2.24, 2.45) is 0 Å². The molecule has 1 aromatic carbocycles. The van der Waals surface area contributed by atoms with E-state index in [-0.39, 0.29) is 17.7 Å². The molecule has 30 heavy (non-hydrogen) atoms. The standard InChI is InChI=1S/C22H30N4O4/c1-22(2,3)30-21(28)26-11-9-18(10-12-26)24-15-17(13-23)20(27)25-14-16-5-7-19(29-4)8-6-16/h5-8,15,18,24H,9-12,14H2,1-4H3,(H,25,27)/b17-15-. The van der Waals surface area contributed by atoms with Gasteiger partial charge in [-0.05, 0) is 51.3 Å². The maximum absolute atomic E-state index is 12.3. The Morgan fingerprint density at radius 2 is 1.87 bits per heavy atom. The van der Waals surface area contributed by atoms with E-state index >= 15 is 0 Å². The lowest BCUT2D eigenvalue weighted by Crippen LogP contribution is -2.45. The molecule has 0 saturated carbocycles. The average molecular weight is 415 g/mol. The summed E-state index contributed by atoms with van der Waals surface area (Å²) in [6.45, 7) is 6.96. The van der Waals surface area contributed by atoms with E-state index in [4.69, 9.17) is 9.47 Å². The molecule has 8 nitrogen and oxygen atoms in total. The van der Waals surface area contributed by atoms with Crippen molar-refractivity contribution in [1.29, 1.82) is 5.26 Å². The van der Waals surface area contributed by atoms with E-state index in [1.165, 1.54) is 6.20 Å². The van der Waals surface area contributed by atoms with Crippen molar-refractivity contribution >= 4 is 12.0 Å². The summed E-state index contributed by atoms with van der Waals surface area (Å²) >= 11 is 0. The van der Waals surface area contributed by atoms with Gasteiger partial charge >= 0.3 is 6.09 Å². The van der Waals surface area contributed by atoms with Gasteiger partial charge in [0.1, 0.15) is 23.0 Å². The fourth-order valence-electron chi connectivity index (χ4n) is 2.93. The molecule has 1 aromatic rings. The Morgan fingerprint density at radius 1 is 1.23 bits per heavy atom. The molecule has 1 aliphatic heterocycles. The Balaban J connectivity index is 1.80. The van der Waals surface area contributed by atoms with Crippen molar-refractivity contribution in [1.82, 2.24) is 15.5 Å². The maximum atomic E-state index is 12.3. The molecular formula is C22H30N4O4. The van der Waals surface area contributed by atoms with Crippen LogP contribution in [0.25, 0.3) is 0 Å². The molecule has 2 rings (SSSR count). The molecule has 1 heterocycles. The molecule has 0 unspecified atom stereocenters. The van der Waals surface area contributed by atoms with E-state index < -0.39 is 11.5 Å². The lowest BCUT2D eigenvalue weighted by molar-refractivity contribution is -0.117. The lowest BCUT2D eigenvalue weighted by atomic mass is 10.1.